The van der Waals surface area contributed by atoms with Gasteiger partial charge in [0.1, 0.15) is 0 Å². The second kappa shape index (κ2) is 4.83. The van der Waals surface area contributed by atoms with E-state index in [2.05, 4.69) is 13.8 Å². The standard InChI is InChI=1S/C18H21NO2/c1-18(2)10-14-17(15(20)11-18)13(9-16(21)19(14)3)12-7-5-4-6-8-12/h4-8,13H,9-11H2,1-3H3/t13-/m1/s1. The molecular formula is C18H21NO2. The van der Waals surface area contributed by atoms with Crippen molar-refractivity contribution in [1.29, 1.82) is 0 Å². The lowest BCUT2D eigenvalue weighted by Gasteiger charge is -2.41. The van der Waals surface area contributed by atoms with Crippen molar-refractivity contribution in [2.24, 2.45) is 5.41 Å². The summed E-state index contributed by atoms with van der Waals surface area (Å²) in [6.45, 7) is 4.19. The fourth-order valence-corrected chi connectivity index (χ4v) is 3.53. The van der Waals surface area contributed by atoms with Crippen molar-refractivity contribution in [3.05, 3.63) is 47.2 Å². The number of nitrogens with zero attached hydrogens (tertiary/aromatic N) is 1. The van der Waals surface area contributed by atoms with Crippen molar-refractivity contribution >= 4 is 11.7 Å². The molecule has 1 aliphatic carbocycles. The molecule has 2 aliphatic rings. The Bertz CT molecular complexity index is 628. The van der Waals surface area contributed by atoms with Crippen LogP contribution in [0.25, 0.3) is 0 Å². The maximum absolute atomic E-state index is 12.7. The second-order valence-electron chi connectivity index (χ2n) is 6.92. The van der Waals surface area contributed by atoms with Gasteiger partial charge in [0.25, 0.3) is 0 Å². The van der Waals surface area contributed by atoms with E-state index in [0.29, 0.717) is 12.8 Å². The van der Waals surface area contributed by atoms with Gasteiger partial charge >= 0.3 is 0 Å². The van der Waals surface area contributed by atoms with Crippen LogP contribution in [0.15, 0.2) is 41.6 Å². The van der Waals surface area contributed by atoms with Crippen LogP contribution in [0.2, 0.25) is 0 Å². The summed E-state index contributed by atoms with van der Waals surface area (Å²) in [5, 5.41) is 0. The van der Waals surface area contributed by atoms with E-state index in [-0.39, 0.29) is 23.0 Å². The summed E-state index contributed by atoms with van der Waals surface area (Å²) in [6.07, 6.45) is 1.75. The van der Waals surface area contributed by atoms with Crippen LogP contribution in [0.3, 0.4) is 0 Å². The number of ketones is 1. The first-order chi connectivity index (χ1) is 9.89. The third kappa shape index (κ3) is 2.41. The average molecular weight is 283 g/mol. The fourth-order valence-electron chi connectivity index (χ4n) is 3.53. The van der Waals surface area contributed by atoms with E-state index in [1.807, 2.05) is 30.3 Å². The normalized spacial score (nSPS) is 25.1. The molecule has 0 saturated carbocycles. The molecule has 21 heavy (non-hydrogen) atoms. The molecule has 3 rings (SSSR count). The molecule has 0 spiro atoms. The summed E-state index contributed by atoms with van der Waals surface area (Å²) < 4.78 is 0. The summed E-state index contributed by atoms with van der Waals surface area (Å²) in [7, 11) is 1.80. The minimum Gasteiger partial charge on any atom is -0.319 e. The number of hydrogen-bond acceptors (Lipinski definition) is 2. The quantitative estimate of drug-likeness (QED) is 0.793. The second-order valence-corrected chi connectivity index (χ2v) is 6.92. The van der Waals surface area contributed by atoms with Crippen molar-refractivity contribution in [3.8, 4) is 0 Å². The van der Waals surface area contributed by atoms with E-state index >= 15 is 0 Å². The Balaban J connectivity index is 2.13. The molecule has 1 atom stereocenters. The van der Waals surface area contributed by atoms with Crippen LogP contribution in [0.5, 0.6) is 0 Å². The van der Waals surface area contributed by atoms with Gasteiger partial charge in [-0.1, -0.05) is 44.2 Å². The van der Waals surface area contributed by atoms with Crippen LogP contribution in [0, 0.1) is 5.41 Å². The van der Waals surface area contributed by atoms with Crippen LogP contribution in [-0.2, 0) is 9.59 Å². The largest absolute Gasteiger partial charge is 0.319 e. The van der Waals surface area contributed by atoms with Crippen LogP contribution in [0.4, 0.5) is 0 Å². The average Bonchev–Trinajstić information content (AvgIpc) is 2.43. The van der Waals surface area contributed by atoms with E-state index in [4.69, 9.17) is 0 Å². The number of hydrogen-bond donors (Lipinski definition) is 0. The van der Waals surface area contributed by atoms with Gasteiger partial charge in [-0.2, -0.15) is 0 Å². The Kier molecular flexibility index (Phi) is 3.23. The molecule has 0 N–H and O–H groups in total. The molecule has 1 aromatic rings. The van der Waals surface area contributed by atoms with Crippen LogP contribution in [0.1, 0.15) is 44.6 Å². The minimum absolute atomic E-state index is 0.0664. The van der Waals surface area contributed by atoms with Crippen molar-refractivity contribution in [2.45, 2.75) is 39.0 Å². The van der Waals surface area contributed by atoms with Crippen LogP contribution >= 0.6 is 0 Å². The molecule has 0 radical (unpaired) electrons. The Morgan fingerprint density at radius 2 is 1.76 bits per heavy atom. The predicted molar refractivity (Wildman–Crippen MR) is 81.6 cm³/mol. The van der Waals surface area contributed by atoms with Crippen molar-refractivity contribution in [3.63, 3.8) is 0 Å². The van der Waals surface area contributed by atoms with Crippen molar-refractivity contribution < 1.29 is 9.59 Å². The van der Waals surface area contributed by atoms with Crippen molar-refractivity contribution in [2.75, 3.05) is 7.05 Å². The predicted octanol–water partition coefficient (Wildman–Crippen LogP) is 3.28. The topological polar surface area (TPSA) is 37.4 Å². The zero-order valence-corrected chi connectivity index (χ0v) is 12.8. The number of benzene rings is 1. The maximum Gasteiger partial charge on any atom is 0.227 e. The summed E-state index contributed by atoms with van der Waals surface area (Å²) in [6, 6.07) is 9.93. The molecule has 1 aromatic carbocycles. The Morgan fingerprint density at radius 1 is 1.10 bits per heavy atom. The molecule has 110 valence electrons. The lowest BCUT2D eigenvalue weighted by Crippen LogP contribution is -2.41. The first-order valence-corrected chi connectivity index (χ1v) is 7.47. The number of Topliss-reactive ketones (excluding diaryl/α,β-unsaturated/α-hetero) is 1. The number of amides is 1. The third-order valence-electron chi connectivity index (χ3n) is 4.60. The van der Waals surface area contributed by atoms with E-state index in [1.54, 1.807) is 11.9 Å². The van der Waals surface area contributed by atoms with Gasteiger partial charge in [-0.25, -0.2) is 0 Å². The molecule has 0 fully saturated rings. The smallest absolute Gasteiger partial charge is 0.227 e. The zero-order valence-electron chi connectivity index (χ0n) is 12.8. The van der Waals surface area contributed by atoms with Gasteiger partial charge in [0.15, 0.2) is 5.78 Å². The van der Waals surface area contributed by atoms with Crippen LogP contribution in [-0.4, -0.2) is 23.6 Å². The monoisotopic (exact) mass is 283 g/mol. The molecule has 1 amide bonds. The minimum atomic E-state index is -0.0755. The van der Waals surface area contributed by atoms with Crippen LogP contribution < -0.4 is 0 Å². The Hall–Kier alpha value is -1.90. The molecule has 3 heteroatoms. The first-order valence-electron chi connectivity index (χ1n) is 7.47. The molecule has 0 unspecified atom stereocenters. The molecule has 3 nitrogen and oxygen atoms in total. The highest BCUT2D eigenvalue weighted by atomic mass is 16.2. The maximum atomic E-state index is 12.7. The van der Waals surface area contributed by atoms with Crippen molar-refractivity contribution in [1.82, 2.24) is 4.90 Å². The highest BCUT2D eigenvalue weighted by Gasteiger charge is 2.42. The van der Waals surface area contributed by atoms with E-state index < -0.39 is 0 Å². The molecular weight excluding hydrogens is 262 g/mol. The van der Waals surface area contributed by atoms with Gasteiger partial charge in [0.05, 0.1) is 0 Å². The highest BCUT2D eigenvalue weighted by molar-refractivity contribution is 6.02. The Morgan fingerprint density at radius 3 is 2.43 bits per heavy atom. The summed E-state index contributed by atoms with van der Waals surface area (Å²) in [5.74, 6) is 0.232. The SMILES string of the molecule is CN1C(=O)C[C@H](c2ccccc2)C2=C1CC(C)(C)CC2=O. The lowest BCUT2D eigenvalue weighted by molar-refractivity contribution is -0.130. The number of carbonyl (C=O) groups is 2. The summed E-state index contributed by atoms with van der Waals surface area (Å²) in [4.78, 5) is 26.7. The molecule has 0 aromatic heterocycles. The number of allylic oxidation sites excluding steroid dienone is 2. The third-order valence-corrected chi connectivity index (χ3v) is 4.60. The summed E-state index contributed by atoms with van der Waals surface area (Å²) >= 11 is 0. The van der Waals surface area contributed by atoms with Gasteiger partial charge in [-0.15, -0.1) is 0 Å². The number of rotatable bonds is 1. The first kappa shape index (κ1) is 14.1. The number of carbonyl (C=O) groups excluding carboxylic acids is 2. The molecule has 1 heterocycles. The van der Waals surface area contributed by atoms with E-state index in [0.717, 1.165) is 23.3 Å². The molecule has 0 saturated heterocycles. The molecule has 0 bridgehead atoms. The van der Waals surface area contributed by atoms with E-state index in [9.17, 15) is 9.59 Å². The summed E-state index contributed by atoms with van der Waals surface area (Å²) in [5.41, 5.74) is 2.80. The highest BCUT2D eigenvalue weighted by Crippen LogP contribution is 2.46. The van der Waals surface area contributed by atoms with Gasteiger partial charge in [-0.3, -0.25) is 9.59 Å². The van der Waals surface area contributed by atoms with E-state index in [1.165, 1.54) is 0 Å². The Labute approximate surface area is 125 Å². The molecule has 1 aliphatic heterocycles. The lowest BCUT2D eigenvalue weighted by atomic mass is 9.69. The van der Waals surface area contributed by atoms with Gasteiger partial charge in [0.2, 0.25) is 5.91 Å². The zero-order chi connectivity index (χ0) is 15.2. The van der Waals surface area contributed by atoms with Gasteiger partial charge in [0, 0.05) is 37.1 Å². The fraction of sp³-hybridized carbons (Fsp3) is 0.444. The van der Waals surface area contributed by atoms with Gasteiger partial charge < -0.3 is 4.90 Å². The van der Waals surface area contributed by atoms with Gasteiger partial charge in [-0.05, 0) is 17.4 Å².